The molecule has 1 fully saturated rings. The zero-order valence-corrected chi connectivity index (χ0v) is 15.1. The molecule has 0 saturated carbocycles. The van der Waals surface area contributed by atoms with Crippen LogP contribution in [0.15, 0.2) is 60.7 Å². The Hall–Kier alpha value is -2.23. The molecule has 0 aliphatic carbocycles. The van der Waals surface area contributed by atoms with Crippen molar-refractivity contribution >= 4 is 10.9 Å². The van der Waals surface area contributed by atoms with E-state index in [1.54, 1.807) is 0 Å². The number of aromatic nitrogens is 1. The van der Waals surface area contributed by atoms with Crippen LogP contribution in [0.2, 0.25) is 0 Å². The Morgan fingerprint density at radius 2 is 1.81 bits per heavy atom. The van der Waals surface area contributed by atoms with Gasteiger partial charge in [0.1, 0.15) is 0 Å². The molecular weight excluding hydrogens is 320 g/mol. The highest BCUT2D eigenvalue weighted by molar-refractivity contribution is 5.82. The summed E-state index contributed by atoms with van der Waals surface area (Å²) in [5.74, 6) is 0. The largest absolute Gasteiger partial charge is 0.387 e. The highest BCUT2D eigenvalue weighted by atomic mass is 16.3. The fourth-order valence-corrected chi connectivity index (χ4v) is 3.91. The molecule has 1 aliphatic rings. The van der Waals surface area contributed by atoms with Gasteiger partial charge in [0.2, 0.25) is 0 Å². The molecule has 3 heteroatoms. The molecule has 26 heavy (non-hydrogen) atoms. The lowest BCUT2D eigenvalue weighted by atomic mass is 9.92. The summed E-state index contributed by atoms with van der Waals surface area (Å²) in [5, 5.41) is 15.6. The molecule has 134 valence electrons. The molecule has 3 aromatic rings. The van der Waals surface area contributed by atoms with Crippen LogP contribution in [0.1, 0.15) is 42.2 Å². The van der Waals surface area contributed by atoms with Crippen LogP contribution in [0, 0.1) is 0 Å². The van der Waals surface area contributed by atoms with Crippen LogP contribution in [0.5, 0.6) is 0 Å². The third-order valence-corrected chi connectivity index (χ3v) is 5.36. The molecule has 3 nitrogen and oxygen atoms in total. The van der Waals surface area contributed by atoms with E-state index in [4.69, 9.17) is 4.98 Å². The van der Waals surface area contributed by atoms with Crippen LogP contribution < -0.4 is 5.32 Å². The summed E-state index contributed by atoms with van der Waals surface area (Å²) in [6.45, 7) is 0.992. The van der Waals surface area contributed by atoms with E-state index in [-0.39, 0.29) is 6.04 Å². The maximum atomic E-state index is 11.1. The van der Waals surface area contributed by atoms with Gasteiger partial charge < -0.3 is 10.4 Å². The highest BCUT2D eigenvalue weighted by Crippen LogP contribution is 2.29. The van der Waals surface area contributed by atoms with Crippen molar-refractivity contribution in [2.45, 2.75) is 44.2 Å². The minimum absolute atomic E-state index is 0.136. The number of nitrogens with one attached hydrogen (secondary N) is 1. The average Bonchev–Trinajstić information content (AvgIpc) is 2.72. The number of aryl methyl sites for hydroxylation is 2. The van der Waals surface area contributed by atoms with Gasteiger partial charge in [0.25, 0.3) is 0 Å². The van der Waals surface area contributed by atoms with Gasteiger partial charge >= 0.3 is 0 Å². The Morgan fingerprint density at radius 1 is 1.00 bits per heavy atom. The Morgan fingerprint density at radius 3 is 2.62 bits per heavy atom. The van der Waals surface area contributed by atoms with Gasteiger partial charge in [0.15, 0.2) is 0 Å². The van der Waals surface area contributed by atoms with Crippen molar-refractivity contribution in [3.05, 3.63) is 77.5 Å². The second-order valence-electron chi connectivity index (χ2n) is 7.21. The van der Waals surface area contributed by atoms with E-state index in [1.807, 2.05) is 24.3 Å². The number of piperidine rings is 1. The number of hydrogen-bond acceptors (Lipinski definition) is 3. The first-order valence-corrected chi connectivity index (χ1v) is 9.65. The number of pyridine rings is 1. The summed E-state index contributed by atoms with van der Waals surface area (Å²) in [7, 11) is 0. The van der Waals surface area contributed by atoms with Crippen LogP contribution in [-0.2, 0) is 12.8 Å². The third kappa shape index (κ3) is 3.79. The van der Waals surface area contributed by atoms with Gasteiger partial charge in [-0.3, -0.25) is 4.98 Å². The predicted octanol–water partition coefficient (Wildman–Crippen LogP) is 4.20. The number of nitrogens with zero attached hydrogens (tertiary/aromatic N) is 1. The van der Waals surface area contributed by atoms with Crippen molar-refractivity contribution in [1.29, 1.82) is 0 Å². The maximum Gasteiger partial charge on any atom is 0.0950 e. The number of hydrogen-bond donors (Lipinski definition) is 2. The molecule has 2 heterocycles. The van der Waals surface area contributed by atoms with Crippen molar-refractivity contribution in [3.63, 3.8) is 0 Å². The van der Waals surface area contributed by atoms with Crippen molar-refractivity contribution in [2.75, 3.05) is 6.54 Å². The van der Waals surface area contributed by atoms with E-state index >= 15 is 0 Å². The first-order chi connectivity index (χ1) is 12.8. The van der Waals surface area contributed by atoms with Gasteiger partial charge in [-0.25, -0.2) is 0 Å². The topological polar surface area (TPSA) is 45.2 Å². The van der Waals surface area contributed by atoms with Gasteiger partial charge in [0, 0.05) is 17.1 Å². The Bertz CT molecular complexity index is 856. The average molecular weight is 346 g/mol. The van der Waals surface area contributed by atoms with Gasteiger partial charge in [-0.15, -0.1) is 0 Å². The van der Waals surface area contributed by atoms with Crippen LogP contribution >= 0.6 is 0 Å². The van der Waals surface area contributed by atoms with E-state index in [2.05, 4.69) is 41.7 Å². The van der Waals surface area contributed by atoms with Gasteiger partial charge in [-0.05, 0) is 55.5 Å². The molecule has 0 amide bonds. The lowest BCUT2D eigenvalue weighted by Gasteiger charge is -2.29. The summed E-state index contributed by atoms with van der Waals surface area (Å²) >= 11 is 0. The second-order valence-corrected chi connectivity index (χ2v) is 7.21. The monoisotopic (exact) mass is 346 g/mol. The van der Waals surface area contributed by atoms with E-state index in [0.29, 0.717) is 0 Å². The number of para-hydroxylation sites is 1. The van der Waals surface area contributed by atoms with Crippen molar-refractivity contribution < 1.29 is 5.11 Å². The molecule has 2 N–H and O–H groups in total. The van der Waals surface area contributed by atoms with Crippen LogP contribution in [0.3, 0.4) is 0 Å². The maximum absolute atomic E-state index is 11.1. The molecule has 1 aromatic heterocycles. The molecule has 1 saturated heterocycles. The van der Waals surface area contributed by atoms with E-state index in [0.717, 1.165) is 48.0 Å². The number of aliphatic hydroxyl groups is 1. The van der Waals surface area contributed by atoms with Crippen molar-refractivity contribution in [3.8, 4) is 0 Å². The number of fused-ring (bicyclic) bond motifs is 1. The minimum Gasteiger partial charge on any atom is -0.387 e. The molecule has 2 atom stereocenters. The van der Waals surface area contributed by atoms with E-state index in [9.17, 15) is 5.11 Å². The van der Waals surface area contributed by atoms with E-state index in [1.165, 1.54) is 18.4 Å². The molecule has 0 bridgehead atoms. The number of rotatable bonds is 5. The zero-order chi connectivity index (χ0) is 17.8. The van der Waals surface area contributed by atoms with E-state index < -0.39 is 6.10 Å². The van der Waals surface area contributed by atoms with Gasteiger partial charge in [0.05, 0.1) is 11.6 Å². The molecule has 4 rings (SSSR count). The molecule has 1 aliphatic heterocycles. The SMILES string of the molecule is O[C@@H](c1cc(CCc2ccccc2)nc2ccccc12)[C@@H]1CCCCN1. The lowest BCUT2D eigenvalue weighted by molar-refractivity contribution is 0.115. The van der Waals surface area contributed by atoms with Crippen LogP contribution in [0.25, 0.3) is 10.9 Å². The van der Waals surface area contributed by atoms with Crippen LogP contribution in [-0.4, -0.2) is 22.7 Å². The Labute approximate surface area is 155 Å². The Kier molecular flexibility index (Phi) is 5.28. The van der Waals surface area contributed by atoms with Crippen molar-refractivity contribution in [2.24, 2.45) is 0 Å². The summed E-state index contributed by atoms with van der Waals surface area (Å²) in [6.07, 6.45) is 4.76. The van der Waals surface area contributed by atoms with Gasteiger partial charge in [-0.2, -0.15) is 0 Å². The standard InChI is InChI=1S/C23H26N2O/c26-23(22-12-6-7-15-24-22)20-16-18(14-13-17-8-2-1-3-9-17)25-21-11-5-4-10-19(20)21/h1-5,8-11,16,22-24,26H,6-7,12-15H2/t22-,23-/m0/s1. The highest BCUT2D eigenvalue weighted by Gasteiger charge is 2.24. The predicted molar refractivity (Wildman–Crippen MR) is 106 cm³/mol. The summed E-state index contributed by atoms with van der Waals surface area (Å²) < 4.78 is 0. The second kappa shape index (κ2) is 7.98. The zero-order valence-electron chi connectivity index (χ0n) is 15.1. The molecular formula is C23H26N2O. The summed E-state index contributed by atoms with van der Waals surface area (Å²) in [5.41, 5.74) is 4.36. The Balaban J connectivity index is 1.64. The number of aliphatic hydroxyl groups excluding tert-OH is 1. The summed E-state index contributed by atoms with van der Waals surface area (Å²) in [4.78, 5) is 4.85. The van der Waals surface area contributed by atoms with Crippen LogP contribution in [0.4, 0.5) is 0 Å². The normalized spacial score (nSPS) is 18.7. The smallest absolute Gasteiger partial charge is 0.0950 e. The summed E-state index contributed by atoms with van der Waals surface area (Å²) in [6, 6.07) is 20.9. The fourth-order valence-electron chi connectivity index (χ4n) is 3.91. The first kappa shape index (κ1) is 17.2. The first-order valence-electron chi connectivity index (χ1n) is 9.65. The quantitative estimate of drug-likeness (QED) is 0.728. The third-order valence-electron chi connectivity index (χ3n) is 5.36. The molecule has 0 spiro atoms. The number of benzene rings is 2. The molecule has 0 unspecified atom stereocenters. The molecule has 2 aromatic carbocycles. The lowest BCUT2D eigenvalue weighted by Crippen LogP contribution is -2.38. The van der Waals surface area contributed by atoms with Gasteiger partial charge in [-0.1, -0.05) is 55.0 Å². The molecule has 0 radical (unpaired) electrons. The minimum atomic E-state index is -0.487. The van der Waals surface area contributed by atoms with Crippen molar-refractivity contribution in [1.82, 2.24) is 10.3 Å². The fraction of sp³-hybridized carbons (Fsp3) is 0.348.